The van der Waals surface area contributed by atoms with Crippen LogP contribution >= 0.6 is 0 Å². The minimum atomic E-state index is -1.39. The van der Waals surface area contributed by atoms with Crippen molar-refractivity contribution in [2.24, 2.45) is 45.8 Å². The number of aliphatic hydroxyl groups is 1. The fourth-order valence-corrected chi connectivity index (χ4v) is 11.0. The Morgan fingerprint density at radius 1 is 1.12 bits per heavy atom. The van der Waals surface area contributed by atoms with E-state index in [1.165, 1.54) is 6.92 Å². The van der Waals surface area contributed by atoms with Gasteiger partial charge in [-0.05, 0) is 55.9 Å². The predicted octanol–water partition coefficient (Wildman–Crippen LogP) is 3.91. The smallest absolute Gasteiger partial charge is 0.334 e. The fourth-order valence-electron chi connectivity index (χ4n) is 11.0. The van der Waals surface area contributed by atoms with Gasteiger partial charge in [-0.25, -0.2) is 9.68 Å². The van der Waals surface area contributed by atoms with Crippen LogP contribution in [0.2, 0.25) is 0 Å². The van der Waals surface area contributed by atoms with E-state index < -0.39 is 70.0 Å². The van der Waals surface area contributed by atoms with Gasteiger partial charge in [-0.15, -0.1) is 0 Å². The number of carbonyl (C=O) groups is 3. The van der Waals surface area contributed by atoms with Crippen LogP contribution in [0, 0.1) is 45.8 Å². The Morgan fingerprint density at radius 3 is 2.54 bits per heavy atom. The zero-order valence-electron chi connectivity index (χ0n) is 24.2. The van der Waals surface area contributed by atoms with Crippen LogP contribution in [0.25, 0.3) is 0 Å². The van der Waals surface area contributed by atoms with Gasteiger partial charge in [-0.3, -0.25) is 14.8 Å². The van der Waals surface area contributed by atoms with E-state index in [0.29, 0.717) is 30.4 Å². The van der Waals surface area contributed by atoms with Crippen LogP contribution in [0.15, 0.2) is 36.0 Å². The zero-order chi connectivity index (χ0) is 29.4. The molecule has 2 aliphatic heterocycles. The molecule has 7 rings (SSSR count). The van der Waals surface area contributed by atoms with Crippen molar-refractivity contribution in [3.63, 3.8) is 0 Å². The Balaban J connectivity index is 1.41. The standard InChI is InChI=1S/C32H40O9/c1-14-7-8-24(34)29(6)12-23-21(10-20(14)29)30(28(36)40-23)13-31-15(2)9-22-19(16(3)27(35)39-22)11-32(31,41-37)17(4)25(30)26(31)38-18(5)33/h10,14-15,19,21-26,34,37H,3-4,7-9,11-13H2,1-2,5-6H3/t14-,15-,19+,21-,22-,23+,24+,25-,26?,29+,30-,31+,32-/m0/s1. The number of hydrogen-bond acceptors (Lipinski definition) is 9. The molecule has 0 radical (unpaired) electrons. The highest BCUT2D eigenvalue weighted by atomic mass is 17.1. The number of aliphatic hydroxyl groups excluding tert-OH is 1. The number of ether oxygens (including phenoxy) is 3. The summed E-state index contributed by atoms with van der Waals surface area (Å²) in [5.74, 6) is -2.75. The quantitative estimate of drug-likeness (QED) is 0.127. The Kier molecular flexibility index (Phi) is 5.55. The third-order valence-electron chi connectivity index (χ3n) is 12.9. The average Bonchev–Trinajstić information content (AvgIpc) is 3.48. The van der Waals surface area contributed by atoms with Crippen molar-refractivity contribution in [2.75, 3.05) is 0 Å². The van der Waals surface area contributed by atoms with Crippen LogP contribution in [-0.2, 0) is 33.5 Å². The van der Waals surface area contributed by atoms with Crippen molar-refractivity contribution in [3.8, 4) is 0 Å². The molecule has 7 aliphatic rings. The van der Waals surface area contributed by atoms with Gasteiger partial charge in [-0.1, -0.05) is 45.6 Å². The van der Waals surface area contributed by atoms with E-state index in [9.17, 15) is 24.7 Å². The summed E-state index contributed by atoms with van der Waals surface area (Å²) >= 11 is 0. The highest BCUT2D eigenvalue weighted by Gasteiger charge is 2.86. The lowest BCUT2D eigenvalue weighted by molar-refractivity contribution is -0.352. The molecule has 0 amide bonds. The summed E-state index contributed by atoms with van der Waals surface area (Å²) in [5.41, 5.74) is -2.02. The van der Waals surface area contributed by atoms with E-state index in [1.54, 1.807) is 0 Å². The Morgan fingerprint density at radius 2 is 1.85 bits per heavy atom. The normalized spacial score (nSPS) is 53.1. The van der Waals surface area contributed by atoms with E-state index >= 15 is 0 Å². The topological polar surface area (TPSA) is 129 Å². The summed E-state index contributed by atoms with van der Waals surface area (Å²) in [6.07, 6.45) is 2.91. The maximum Gasteiger partial charge on any atom is 0.334 e. The first-order valence-electron chi connectivity index (χ1n) is 15.0. The molecule has 0 aromatic rings. The van der Waals surface area contributed by atoms with E-state index in [-0.39, 0.29) is 36.6 Å². The highest BCUT2D eigenvalue weighted by molar-refractivity contribution is 5.91. The molecule has 2 N–H and O–H groups in total. The van der Waals surface area contributed by atoms with Crippen molar-refractivity contribution in [1.29, 1.82) is 0 Å². The summed E-state index contributed by atoms with van der Waals surface area (Å²) in [6.45, 7) is 16.0. The van der Waals surface area contributed by atoms with E-state index in [0.717, 1.165) is 12.0 Å². The summed E-state index contributed by atoms with van der Waals surface area (Å²) in [4.78, 5) is 44.9. The van der Waals surface area contributed by atoms with Gasteiger partial charge >= 0.3 is 17.9 Å². The molecule has 2 bridgehead atoms. The number of hydrogen-bond donors (Lipinski definition) is 2. The molecule has 6 fully saturated rings. The third-order valence-corrected chi connectivity index (χ3v) is 12.9. The number of rotatable bonds is 2. The molecule has 13 atom stereocenters. The minimum Gasteiger partial charge on any atom is -0.461 e. The first kappa shape index (κ1) is 27.3. The van der Waals surface area contributed by atoms with Crippen molar-refractivity contribution in [1.82, 2.24) is 0 Å². The van der Waals surface area contributed by atoms with Gasteiger partial charge in [0.15, 0.2) is 0 Å². The van der Waals surface area contributed by atoms with Gasteiger partial charge < -0.3 is 19.3 Å². The van der Waals surface area contributed by atoms with Gasteiger partial charge in [0.2, 0.25) is 0 Å². The third kappa shape index (κ3) is 2.96. The molecule has 0 aromatic heterocycles. The molecule has 9 heteroatoms. The molecular weight excluding hydrogens is 528 g/mol. The summed E-state index contributed by atoms with van der Waals surface area (Å²) < 4.78 is 18.1. The van der Waals surface area contributed by atoms with Crippen molar-refractivity contribution in [3.05, 3.63) is 36.0 Å². The predicted molar refractivity (Wildman–Crippen MR) is 144 cm³/mol. The van der Waals surface area contributed by atoms with E-state index in [1.807, 2.05) is 6.92 Å². The number of esters is 3. The summed E-state index contributed by atoms with van der Waals surface area (Å²) in [7, 11) is 0. The lowest BCUT2D eigenvalue weighted by Crippen LogP contribution is -2.58. The second kappa shape index (κ2) is 8.32. The van der Waals surface area contributed by atoms with Gasteiger partial charge in [0.05, 0.1) is 11.5 Å². The molecule has 1 unspecified atom stereocenters. The molecule has 2 saturated heterocycles. The van der Waals surface area contributed by atoms with E-state index in [2.05, 4.69) is 33.1 Å². The Labute approximate surface area is 239 Å². The highest BCUT2D eigenvalue weighted by Crippen LogP contribution is 2.79. The SMILES string of the molecule is C=C1C(=O)O[C@H]2C[C@H](C)[C@@]34C[C@@]5(C(=O)O[C@@H]6C[C@]7(C)C(=C[C@@H]65)[C@@H](C)CC[C@H]7O)[C@@H](C(=C)[C@@]3(OO)C[C@H]12)C4OC(C)=O. The number of carbonyl (C=O) groups excluding carboxylic acids is 3. The molecule has 222 valence electrons. The molecule has 2 spiro atoms. The fraction of sp³-hybridized carbons (Fsp3) is 0.719. The molecule has 9 nitrogen and oxygen atoms in total. The maximum absolute atomic E-state index is 14.3. The summed E-state index contributed by atoms with van der Waals surface area (Å²) in [5, 5.41) is 21.9. The number of fused-ring (bicyclic) bond motifs is 6. The zero-order valence-corrected chi connectivity index (χ0v) is 24.2. The van der Waals surface area contributed by atoms with Gasteiger partial charge in [0.25, 0.3) is 0 Å². The average molecular weight is 569 g/mol. The second-order valence-electron chi connectivity index (χ2n) is 14.3. The Hall–Kier alpha value is -2.49. The van der Waals surface area contributed by atoms with Crippen LogP contribution in [0.5, 0.6) is 0 Å². The molecule has 0 aromatic carbocycles. The maximum atomic E-state index is 14.3. The van der Waals surface area contributed by atoms with Crippen LogP contribution in [0.3, 0.4) is 0 Å². The van der Waals surface area contributed by atoms with Crippen LogP contribution in [0.1, 0.15) is 66.2 Å². The minimum absolute atomic E-state index is 0.178. The molecule has 5 aliphatic carbocycles. The van der Waals surface area contributed by atoms with Gasteiger partial charge in [0, 0.05) is 41.1 Å². The Bertz CT molecular complexity index is 1320. The van der Waals surface area contributed by atoms with Crippen molar-refractivity contribution >= 4 is 17.9 Å². The van der Waals surface area contributed by atoms with Gasteiger partial charge in [-0.2, -0.15) is 0 Å². The van der Waals surface area contributed by atoms with Crippen LogP contribution < -0.4 is 0 Å². The van der Waals surface area contributed by atoms with Gasteiger partial charge in [0.1, 0.15) is 23.9 Å². The molecule has 41 heavy (non-hydrogen) atoms. The lowest BCUT2D eigenvalue weighted by atomic mass is 9.50. The monoisotopic (exact) mass is 568 g/mol. The first-order valence-corrected chi connectivity index (χ1v) is 15.0. The molecule has 4 saturated carbocycles. The van der Waals surface area contributed by atoms with Crippen LogP contribution in [0.4, 0.5) is 0 Å². The summed E-state index contributed by atoms with van der Waals surface area (Å²) in [6, 6.07) is 0. The van der Waals surface area contributed by atoms with Crippen molar-refractivity contribution < 1.29 is 43.8 Å². The van der Waals surface area contributed by atoms with E-state index in [4.69, 9.17) is 19.1 Å². The molecular formula is C32H40O9. The first-order chi connectivity index (χ1) is 19.3. The second-order valence-corrected chi connectivity index (χ2v) is 14.3. The lowest BCUT2D eigenvalue weighted by Gasteiger charge is -2.53. The van der Waals surface area contributed by atoms with Crippen LogP contribution in [-0.4, -0.2) is 58.3 Å². The molecule has 2 heterocycles. The largest absolute Gasteiger partial charge is 0.461 e. The van der Waals surface area contributed by atoms with Crippen molar-refractivity contribution in [2.45, 2.75) is 96.2 Å².